The number of allylic oxidation sites excluding steroid dienone is 3. The average molecular weight is 379 g/mol. The maximum absolute atomic E-state index is 12.5. The molecule has 1 aliphatic heterocycles. The summed E-state index contributed by atoms with van der Waals surface area (Å²) in [6.45, 7) is 12.2. The molecule has 1 aliphatic rings. The summed E-state index contributed by atoms with van der Waals surface area (Å²) >= 11 is 0. The van der Waals surface area contributed by atoms with E-state index >= 15 is 0 Å². The molecule has 1 rings (SSSR count). The molecule has 0 spiro atoms. The monoisotopic (exact) mass is 378 g/mol. The molecule has 1 fully saturated rings. The van der Waals surface area contributed by atoms with Crippen LogP contribution in [-0.4, -0.2) is 36.1 Å². The maximum atomic E-state index is 12.5. The Labute approximate surface area is 164 Å². The van der Waals surface area contributed by atoms with Gasteiger partial charge in [-0.15, -0.1) is 0 Å². The van der Waals surface area contributed by atoms with Crippen molar-refractivity contribution in [1.82, 2.24) is 10.6 Å². The Morgan fingerprint density at radius 3 is 2.63 bits per heavy atom. The van der Waals surface area contributed by atoms with Gasteiger partial charge < -0.3 is 15.7 Å². The molecule has 0 aliphatic carbocycles. The molecule has 0 radical (unpaired) electrons. The Bertz CT molecular complexity index is 520. The highest BCUT2D eigenvalue weighted by atomic mass is 16.4. The van der Waals surface area contributed by atoms with Crippen LogP contribution in [-0.2, 0) is 9.59 Å². The second kappa shape index (κ2) is 12.7. The zero-order valence-corrected chi connectivity index (χ0v) is 17.4. The summed E-state index contributed by atoms with van der Waals surface area (Å²) in [6, 6.07) is 0.146. The highest BCUT2D eigenvalue weighted by Gasteiger charge is 2.31. The molecule has 27 heavy (non-hydrogen) atoms. The molecule has 154 valence electrons. The van der Waals surface area contributed by atoms with Crippen molar-refractivity contribution in [3.05, 3.63) is 23.8 Å². The molecule has 1 heterocycles. The van der Waals surface area contributed by atoms with Crippen LogP contribution in [0.25, 0.3) is 0 Å². The van der Waals surface area contributed by atoms with Gasteiger partial charge in [0.15, 0.2) is 0 Å². The Hall–Kier alpha value is -1.62. The van der Waals surface area contributed by atoms with Crippen molar-refractivity contribution in [1.29, 1.82) is 0 Å². The minimum absolute atomic E-state index is 0.0284. The first kappa shape index (κ1) is 23.4. The fraction of sp³-hybridized carbons (Fsp3) is 0.727. The van der Waals surface area contributed by atoms with Crippen LogP contribution in [0.2, 0.25) is 0 Å². The van der Waals surface area contributed by atoms with Crippen LogP contribution in [0, 0.1) is 11.8 Å². The topological polar surface area (TPSA) is 78.4 Å². The van der Waals surface area contributed by atoms with Crippen LogP contribution < -0.4 is 10.6 Å². The second-order valence-electron chi connectivity index (χ2n) is 7.71. The number of aliphatic carboxylic acids is 1. The molecule has 5 nitrogen and oxygen atoms in total. The van der Waals surface area contributed by atoms with Gasteiger partial charge in [-0.3, -0.25) is 9.59 Å². The van der Waals surface area contributed by atoms with Crippen LogP contribution in [0.1, 0.15) is 72.1 Å². The Morgan fingerprint density at radius 2 is 2.00 bits per heavy atom. The summed E-state index contributed by atoms with van der Waals surface area (Å²) < 4.78 is 0. The first-order chi connectivity index (χ1) is 12.9. The summed E-state index contributed by atoms with van der Waals surface area (Å²) in [5, 5.41) is 16.1. The number of carboxylic acids is 1. The van der Waals surface area contributed by atoms with E-state index in [9.17, 15) is 14.7 Å². The van der Waals surface area contributed by atoms with E-state index in [4.69, 9.17) is 0 Å². The van der Waals surface area contributed by atoms with Crippen molar-refractivity contribution in [3.63, 3.8) is 0 Å². The number of carbonyl (C=O) groups is 2. The third-order valence-electron chi connectivity index (χ3n) is 5.63. The predicted octanol–water partition coefficient (Wildman–Crippen LogP) is 4.05. The van der Waals surface area contributed by atoms with Crippen molar-refractivity contribution in [2.75, 3.05) is 13.1 Å². The third-order valence-corrected chi connectivity index (χ3v) is 5.63. The minimum atomic E-state index is -0.902. The summed E-state index contributed by atoms with van der Waals surface area (Å²) in [5.41, 5.74) is 2.28. The van der Waals surface area contributed by atoms with Gasteiger partial charge in [-0.05, 0) is 70.9 Å². The number of amides is 1. The lowest BCUT2D eigenvalue weighted by molar-refractivity contribution is -0.145. The lowest BCUT2D eigenvalue weighted by Crippen LogP contribution is -2.38. The van der Waals surface area contributed by atoms with E-state index in [-0.39, 0.29) is 24.3 Å². The first-order valence-corrected chi connectivity index (χ1v) is 10.4. The molecule has 3 N–H and O–H groups in total. The number of hydrogen-bond acceptors (Lipinski definition) is 3. The van der Waals surface area contributed by atoms with E-state index in [1.165, 1.54) is 5.57 Å². The lowest BCUT2D eigenvalue weighted by atomic mass is 9.80. The third kappa shape index (κ3) is 8.74. The predicted molar refractivity (Wildman–Crippen MR) is 111 cm³/mol. The quantitative estimate of drug-likeness (QED) is 0.474. The first-order valence-electron chi connectivity index (χ1n) is 10.4. The van der Waals surface area contributed by atoms with Gasteiger partial charge in [-0.25, -0.2) is 0 Å². The van der Waals surface area contributed by atoms with Crippen LogP contribution in [0.4, 0.5) is 0 Å². The fourth-order valence-electron chi connectivity index (χ4n) is 3.74. The van der Waals surface area contributed by atoms with Gasteiger partial charge in [0.05, 0.1) is 5.92 Å². The van der Waals surface area contributed by atoms with Crippen LogP contribution in [0.3, 0.4) is 0 Å². The van der Waals surface area contributed by atoms with Crippen molar-refractivity contribution >= 4 is 11.9 Å². The molecular weight excluding hydrogens is 340 g/mol. The normalized spacial score (nSPS) is 20.4. The van der Waals surface area contributed by atoms with Gasteiger partial charge in [0.25, 0.3) is 0 Å². The van der Waals surface area contributed by atoms with E-state index in [0.29, 0.717) is 6.42 Å². The number of nitrogens with one attached hydrogen (secondary N) is 2. The molecule has 0 aromatic rings. The maximum Gasteiger partial charge on any atom is 0.307 e. The number of rotatable bonds is 11. The molecule has 0 aromatic heterocycles. The van der Waals surface area contributed by atoms with Gasteiger partial charge in [0, 0.05) is 12.5 Å². The fourth-order valence-corrected chi connectivity index (χ4v) is 3.74. The lowest BCUT2D eigenvalue weighted by Gasteiger charge is -2.25. The van der Waals surface area contributed by atoms with Gasteiger partial charge in [0.2, 0.25) is 5.91 Å². The van der Waals surface area contributed by atoms with E-state index in [1.54, 1.807) is 0 Å². The smallest absolute Gasteiger partial charge is 0.307 e. The van der Waals surface area contributed by atoms with Gasteiger partial charge in [-0.2, -0.15) is 0 Å². The molecule has 1 saturated heterocycles. The van der Waals surface area contributed by atoms with Crippen molar-refractivity contribution in [2.24, 2.45) is 11.8 Å². The van der Waals surface area contributed by atoms with Crippen molar-refractivity contribution in [2.45, 2.75) is 78.2 Å². The van der Waals surface area contributed by atoms with E-state index in [0.717, 1.165) is 57.2 Å². The number of carbonyl (C=O) groups excluding carboxylic acids is 1. The largest absolute Gasteiger partial charge is 0.481 e. The molecule has 3 atom stereocenters. The highest BCUT2D eigenvalue weighted by molar-refractivity contribution is 5.82. The average Bonchev–Trinajstić information content (AvgIpc) is 2.89. The van der Waals surface area contributed by atoms with E-state index in [1.807, 2.05) is 6.92 Å². The molecule has 0 saturated carbocycles. The van der Waals surface area contributed by atoms with E-state index in [2.05, 4.69) is 37.1 Å². The zero-order valence-electron chi connectivity index (χ0n) is 17.4. The molecular formula is C22H38N2O3. The molecule has 5 heteroatoms. The standard InChI is InChI=1S/C22H38N2O3/c1-5-16(3)9-7-10-17(4)19(6-2)20(22(26)27)15-21(25)24-18-11-8-13-23-14-12-18/h9,18-20,23H,4-8,10-15H2,1-3H3,(H,24,25)(H,26,27)/b16-9-. The summed E-state index contributed by atoms with van der Waals surface area (Å²) in [7, 11) is 0. The van der Waals surface area contributed by atoms with Crippen LogP contribution >= 0.6 is 0 Å². The number of carboxylic acid groups (broad SMARTS) is 1. The zero-order chi connectivity index (χ0) is 20.2. The summed E-state index contributed by atoms with van der Waals surface area (Å²) in [5.74, 6) is -1.93. The Balaban J connectivity index is 2.65. The molecule has 0 bridgehead atoms. The van der Waals surface area contributed by atoms with Gasteiger partial charge in [0.1, 0.15) is 0 Å². The van der Waals surface area contributed by atoms with Gasteiger partial charge >= 0.3 is 5.97 Å². The summed E-state index contributed by atoms with van der Waals surface area (Å²) in [4.78, 5) is 24.4. The van der Waals surface area contributed by atoms with Crippen molar-refractivity contribution < 1.29 is 14.7 Å². The number of hydrogen-bond donors (Lipinski definition) is 3. The SMILES string of the molecule is C=C(CC/C=C(/C)CC)C(CC)C(CC(=O)NC1CCCNCC1)C(=O)O. The summed E-state index contributed by atoms with van der Waals surface area (Å²) in [6.07, 6.45) is 8.47. The minimum Gasteiger partial charge on any atom is -0.481 e. The molecule has 1 amide bonds. The Kier molecular flexibility index (Phi) is 11.0. The van der Waals surface area contributed by atoms with E-state index < -0.39 is 11.9 Å². The highest BCUT2D eigenvalue weighted by Crippen LogP contribution is 2.29. The van der Waals surface area contributed by atoms with Crippen LogP contribution in [0.5, 0.6) is 0 Å². The molecule has 3 unspecified atom stereocenters. The van der Waals surface area contributed by atoms with Gasteiger partial charge in [-0.1, -0.05) is 37.6 Å². The second-order valence-corrected chi connectivity index (χ2v) is 7.71. The Morgan fingerprint density at radius 1 is 1.26 bits per heavy atom. The van der Waals surface area contributed by atoms with Crippen molar-refractivity contribution in [3.8, 4) is 0 Å². The van der Waals surface area contributed by atoms with Crippen LogP contribution in [0.15, 0.2) is 23.8 Å². The molecule has 0 aromatic carbocycles.